The molecule has 0 aromatic carbocycles. The first-order valence-corrected chi connectivity index (χ1v) is 5.01. The van der Waals surface area contributed by atoms with Crippen LogP contribution in [0.3, 0.4) is 0 Å². The molecule has 0 aromatic heterocycles. The number of carbonyl (C=O) groups is 1. The van der Waals surface area contributed by atoms with Crippen LogP contribution in [0.25, 0.3) is 0 Å². The lowest BCUT2D eigenvalue weighted by Crippen LogP contribution is -2.25. The lowest BCUT2D eigenvalue weighted by molar-refractivity contribution is 0.128. The molecular weight excluding hydrogens is 168 g/mol. The minimum absolute atomic E-state index is 0.105. The molecule has 0 aliphatic carbocycles. The zero-order valence-corrected chi connectivity index (χ0v) is 7.79. The van der Waals surface area contributed by atoms with Crippen molar-refractivity contribution < 1.29 is 9.53 Å². The molecule has 2 rings (SSSR count). The van der Waals surface area contributed by atoms with Crippen molar-refractivity contribution in [2.24, 2.45) is 0 Å². The molecular formula is C9H16N2O2. The standard InChI is InChI=1S/C9H16N2O2/c12-9-10-7-8(13-9)3-6-11-4-1-2-5-11/h8H,1-7H2,(H,10,12). The number of amides is 1. The highest BCUT2D eigenvalue weighted by Gasteiger charge is 2.23. The number of hydrogen-bond acceptors (Lipinski definition) is 3. The van der Waals surface area contributed by atoms with Crippen LogP contribution in [0.5, 0.6) is 0 Å². The molecule has 2 saturated heterocycles. The third-order valence-corrected chi connectivity index (χ3v) is 2.71. The maximum absolute atomic E-state index is 10.7. The van der Waals surface area contributed by atoms with E-state index >= 15 is 0 Å². The van der Waals surface area contributed by atoms with Gasteiger partial charge in [-0.2, -0.15) is 0 Å². The maximum Gasteiger partial charge on any atom is 0.407 e. The van der Waals surface area contributed by atoms with E-state index in [9.17, 15) is 4.79 Å². The zero-order valence-electron chi connectivity index (χ0n) is 7.79. The Morgan fingerprint density at radius 1 is 1.46 bits per heavy atom. The van der Waals surface area contributed by atoms with E-state index in [1.165, 1.54) is 25.9 Å². The molecule has 2 aliphatic heterocycles. The Morgan fingerprint density at radius 2 is 2.23 bits per heavy atom. The summed E-state index contributed by atoms with van der Waals surface area (Å²) < 4.78 is 5.04. The quantitative estimate of drug-likeness (QED) is 0.697. The molecule has 4 heteroatoms. The molecule has 0 saturated carbocycles. The van der Waals surface area contributed by atoms with E-state index in [1.807, 2.05) is 0 Å². The van der Waals surface area contributed by atoms with Crippen molar-refractivity contribution in [3.05, 3.63) is 0 Å². The van der Waals surface area contributed by atoms with E-state index in [1.54, 1.807) is 0 Å². The van der Waals surface area contributed by atoms with E-state index in [4.69, 9.17) is 4.74 Å². The van der Waals surface area contributed by atoms with Gasteiger partial charge in [-0.05, 0) is 32.4 Å². The Balaban J connectivity index is 1.64. The minimum Gasteiger partial charge on any atom is -0.444 e. The topological polar surface area (TPSA) is 41.6 Å². The molecule has 1 N–H and O–H groups in total. The average Bonchev–Trinajstić information content (AvgIpc) is 2.71. The summed E-state index contributed by atoms with van der Waals surface area (Å²) in [5.41, 5.74) is 0. The van der Waals surface area contributed by atoms with Crippen molar-refractivity contribution in [3.63, 3.8) is 0 Å². The normalized spacial score (nSPS) is 28.9. The molecule has 0 radical (unpaired) electrons. The Morgan fingerprint density at radius 3 is 2.85 bits per heavy atom. The second kappa shape index (κ2) is 3.96. The van der Waals surface area contributed by atoms with Crippen LogP contribution in [-0.4, -0.2) is 43.3 Å². The van der Waals surface area contributed by atoms with Crippen LogP contribution in [0.4, 0.5) is 4.79 Å². The molecule has 0 bridgehead atoms. The summed E-state index contributed by atoms with van der Waals surface area (Å²) >= 11 is 0. The number of ether oxygens (including phenoxy) is 1. The van der Waals surface area contributed by atoms with Gasteiger partial charge in [0, 0.05) is 6.54 Å². The smallest absolute Gasteiger partial charge is 0.407 e. The van der Waals surface area contributed by atoms with Crippen LogP contribution in [0.1, 0.15) is 19.3 Å². The number of rotatable bonds is 3. The van der Waals surface area contributed by atoms with Gasteiger partial charge in [-0.3, -0.25) is 0 Å². The fourth-order valence-electron chi connectivity index (χ4n) is 1.93. The Labute approximate surface area is 78.2 Å². The highest BCUT2D eigenvalue weighted by Crippen LogP contribution is 2.11. The van der Waals surface area contributed by atoms with Gasteiger partial charge in [0.05, 0.1) is 6.54 Å². The highest BCUT2D eigenvalue weighted by molar-refractivity contribution is 5.69. The summed E-state index contributed by atoms with van der Waals surface area (Å²) in [5.74, 6) is 0. The number of cyclic esters (lactones) is 1. The molecule has 0 spiro atoms. The van der Waals surface area contributed by atoms with Crippen molar-refractivity contribution in [3.8, 4) is 0 Å². The number of carbonyl (C=O) groups excluding carboxylic acids is 1. The fourth-order valence-corrected chi connectivity index (χ4v) is 1.93. The van der Waals surface area contributed by atoms with Gasteiger partial charge in [-0.15, -0.1) is 0 Å². The molecule has 13 heavy (non-hydrogen) atoms. The molecule has 1 unspecified atom stereocenters. The molecule has 4 nitrogen and oxygen atoms in total. The van der Waals surface area contributed by atoms with Gasteiger partial charge in [-0.25, -0.2) is 4.79 Å². The van der Waals surface area contributed by atoms with Crippen molar-refractivity contribution in [1.29, 1.82) is 0 Å². The van der Waals surface area contributed by atoms with E-state index in [-0.39, 0.29) is 12.2 Å². The third kappa shape index (κ3) is 2.34. The Bertz CT molecular complexity index is 190. The molecule has 74 valence electrons. The summed E-state index contributed by atoms with van der Waals surface area (Å²) in [5, 5.41) is 2.67. The number of nitrogens with one attached hydrogen (secondary N) is 1. The van der Waals surface area contributed by atoms with Crippen molar-refractivity contribution >= 4 is 6.09 Å². The van der Waals surface area contributed by atoms with Gasteiger partial charge < -0.3 is 15.0 Å². The summed E-state index contributed by atoms with van der Waals surface area (Å²) in [6.07, 6.45) is 3.46. The van der Waals surface area contributed by atoms with Crippen LogP contribution in [0.2, 0.25) is 0 Å². The second-order valence-electron chi connectivity index (χ2n) is 3.75. The lowest BCUT2D eigenvalue weighted by atomic mass is 10.2. The van der Waals surface area contributed by atoms with Crippen molar-refractivity contribution in [2.45, 2.75) is 25.4 Å². The molecule has 0 aromatic rings. The largest absolute Gasteiger partial charge is 0.444 e. The van der Waals surface area contributed by atoms with Crippen molar-refractivity contribution in [1.82, 2.24) is 10.2 Å². The zero-order chi connectivity index (χ0) is 9.10. The lowest BCUT2D eigenvalue weighted by Gasteiger charge is -2.16. The van der Waals surface area contributed by atoms with Gasteiger partial charge in [0.25, 0.3) is 0 Å². The van der Waals surface area contributed by atoms with E-state index in [0.717, 1.165) is 13.0 Å². The first-order valence-electron chi connectivity index (χ1n) is 5.01. The van der Waals surface area contributed by atoms with Crippen molar-refractivity contribution in [2.75, 3.05) is 26.2 Å². The first kappa shape index (κ1) is 8.81. The first-order chi connectivity index (χ1) is 6.34. The van der Waals surface area contributed by atoms with Gasteiger partial charge in [0.1, 0.15) is 6.10 Å². The number of hydrogen-bond donors (Lipinski definition) is 1. The van der Waals surface area contributed by atoms with Crippen LogP contribution < -0.4 is 5.32 Å². The summed E-state index contributed by atoms with van der Waals surface area (Å²) in [4.78, 5) is 13.1. The van der Waals surface area contributed by atoms with Gasteiger partial charge in [0.2, 0.25) is 0 Å². The van der Waals surface area contributed by atoms with Gasteiger partial charge >= 0.3 is 6.09 Å². The fraction of sp³-hybridized carbons (Fsp3) is 0.889. The summed E-state index contributed by atoms with van der Waals surface area (Å²) in [6, 6.07) is 0. The van der Waals surface area contributed by atoms with E-state index in [0.29, 0.717) is 6.54 Å². The molecule has 1 amide bonds. The summed E-state index contributed by atoms with van der Waals surface area (Å²) in [7, 11) is 0. The van der Waals surface area contributed by atoms with Crippen LogP contribution >= 0.6 is 0 Å². The second-order valence-corrected chi connectivity index (χ2v) is 3.75. The summed E-state index contributed by atoms with van der Waals surface area (Å²) in [6.45, 7) is 4.19. The third-order valence-electron chi connectivity index (χ3n) is 2.71. The van der Waals surface area contributed by atoms with E-state index in [2.05, 4.69) is 10.2 Å². The highest BCUT2D eigenvalue weighted by atomic mass is 16.6. The molecule has 2 aliphatic rings. The van der Waals surface area contributed by atoms with Crippen LogP contribution in [-0.2, 0) is 4.74 Å². The predicted octanol–water partition coefficient (Wildman–Crippen LogP) is 0.581. The predicted molar refractivity (Wildman–Crippen MR) is 48.6 cm³/mol. The monoisotopic (exact) mass is 184 g/mol. The minimum atomic E-state index is -0.258. The SMILES string of the molecule is O=C1NCC(CCN2CCCC2)O1. The van der Waals surface area contributed by atoms with Crippen LogP contribution in [0, 0.1) is 0 Å². The maximum atomic E-state index is 10.7. The van der Waals surface area contributed by atoms with Gasteiger partial charge in [-0.1, -0.05) is 0 Å². The average molecular weight is 184 g/mol. The Kier molecular flexibility index (Phi) is 2.68. The van der Waals surface area contributed by atoms with Gasteiger partial charge in [0.15, 0.2) is 0 Å². The molecule has 2 fully saturated rings. The number of alkyl carbamates (subject to hydrolysis) is 1. The number of nitrogens with zero attached hydrogens (tertiary/aromatic N) is 1. The molecule has 1 atom stereocenters. The molecule has 2 heterocycles. The number of likely N-dealkylation sites (tertiary alicyclic amines) is 1. The van der Waals surface area contributed by atoms with Crippen LogP contribution in [0.15, 0.2) is 0 Å². The van der Waals surface area contributed by atoms with E-state index < -0.39 is 0 Å². The Hall–Kier alpha value is -0.770.